The maximum Gasteiger partial charge on any atom is 0.0946 e. The molecule has 1 heterocycles. The first-order valence-corrected chi connectivity index (χ1v) is 5.56. The summed E-state index contributed by atoms with van der Waals surface area (Å²) in [7, 11) is 2.01. The van der Waals surface area contributed by atoms with Crippen molar-refractivity contribution >= 4 is 0 Å². The molecule has 1 atom stereocenters. The highest BCUT2D eigenvalue weighted by Crippen LogP contribution is 2.11. The van der Waals surface area contributed by atoms with Crippen LogP contribution in [0.1, 0.15) is 32.0 Å². The Balaban J connectivity index is 2.58. The van der Waals surface area contributed by atoms with E-state index in [4.69, 9.17) is 4.74 Å². The quantitative estimate of drug-likeness (QED) is 0.743. The average molecular weight is 211 g/mol. The minimum Gasteiger partial charge on any atom is -0.380 e. The third-order valence-electron chi connectivity index (χ3n) is 2.34. The second-order valence-electron chi connectivity index (χ2n) is 3.60. The molecule has 86 valence electrons. The molecule has 4 nitrogen and oxygen atoms in total. The molecule has 0 saturated carbocycles. The number of aryl methyl sites for hydroxylation is 1. The topological polar surface area (TPSA) is 39.1 Å². The van der Waals surface area contributed by atoms with E-state index < -0.39 is 0 Å². The minimum absolute atomic E-state index is 0.248. The number of nitrogens with one attached hydrogen (secondary N) is 1. The van der Waals surface area contributed by atoms with Gasteiger partial charge in [0.1, 0.15) is 0 Å². The normalized spacial score (nSPS) is 13.0. The summed E-state index contributed by atoms with van der Waals surface area (Å²) in [4.78, 5) is 4.13. The van der Waals surface area contributed by atoms with Crippen molar-refractivity contribution in [2.45, 2.75) is 26.3 Å². The van der Waals surface area contributed by atoms with E-state index in [9.17, 15) is 0 Å². The van der Waals surface area contributed by atoms with Gasteiger partial charge in [-0.2, -0.15) is 0 Å². The van der Waals surface area contributed by atoms with Crippen molar-refractivity contribution in [3.63, 3.8) is 0 Å². The van der Waals surface area contributed by atoms with Gasteiger partial charge in [-0.3, -0.25) is 0 Å². The van der Waals surface area contributed by atoms with Crippen LogP contribution < -0.4 is 5.32 Å². The highest BCUT2D eigenvalue weighted by Gasteiger charge is 2.13. The van der Waals surface area contributed by atoms with Crippen molar-refractivity contribution in [1.29, 1.82) is 0 Å². The predicted molar refractivity (Wildman–Crippen MR) is 60.7 cm³/mol. The molecule has 0 aliphatic carbocycles. The van der Waals surface area contributed by atoms with Crippen LogP contribution in [0.4, 0.5) is 0 Å². The first-order valence-electron chi connectivity index (χ1n) is 5.56. The zero-order valence-corrected chi connectivity index (χ0v) is 9.86. The average Bonchev–Trinajstić information content (AvgIpc) is 2.65. The summed E-state index contributed by atoms with van der Waals surface area (Å²) in [5.74, 6) is 0. The van der Waals surface area contributed by atoms with Gasteiger partial charge in [0.15, 0.2) is 0 Å². The first-order chi connectivity index (χ1) is 7.29. The molecule has 0 aliphatic rings. The van der Waals surface area contributed by atoms with Crippen LogP contribution in [-0.4, -0.2) is 29.3 Å². The number of hydrogen-bond acceptors (Lipinski definition) is 3. The summed E-state index contributed by atoms with van der Waals surface area (Å²) in [6.45, 7) is 6.63. The molecule has 0 aromatic carbocycles. The third-order valence-corrected chi connectivity index (χ3v) is 2.34. The van der Waals surface area contributed by atoms with Crippen LogP contribution in [0.3, 0.4) is 0 Å². The molecule has 0 bridgehead atoms. The number of hydrogen-bond donors (Lipinski definition) is 1. The SMILES string of the molecule is CCCNC(COCC)c1cncn1C. The Bertz CT molecular complexity index is 265. The summed E-state index contributed by atoms with van der Waals surface area (Å²) in [5.41, 5.74) is 1.18. The van der Waals surface area contributed by atoms with Crippen LogP contribution >= 0.6 is 0 Å². The van der Waals surface area contributed by atoms with Gasteiger partial charge < -0.3 is 14.6 Å². The number of imidazole rings is 1. The molecule has 0 amide bonds. The summed E-state index contributed by atoms with van der Waals surface area (Å²) < 4.78 is 7.50. The Morgan fingerprint density at radius 1 is 1.53 bits per heavy atom. The van der Waals surface area contributed by atoms with Gasteiger partial charge in [-0.05, 0) is 19.9 Å². The van der Waals surface area contributed by atoms with Crippen molar-refractivity contribution in [3.8, 4) is 0 Å². The van der Waals surface area contributed by atoms with Crippen molar-refractivity contribution in [2.75, 3.05) is 19.8 Å². The summed E-state index contributed by atoms with van der Waals surface area (Å²) in [5, 5.41) is 3.46. The zero-order valence-electron chi connectivity index (χ0n) is 9.86. The van der Waals surface area contributed by atoms with E-state index in [-0.39, 0.29) is 6.04 Å². The maximum atomic E-state index is 5.47. The van der Waals surface area contributed by atoms with Crippen LogP contribution in [0.25, 0.3) is 0 Å². The molecular weight excluding hydrogens is 190 g/mol. The number of aromatic nitrogens is 2. The second-order valence-corrected chi connectivity index (χ2v) is 3.60. The van der Waals surface area contributed by atoms with Crippen molar-refractivity contribution < 1.29 is 4.74 Å². The lowest BCUT2D eigenvalue weighted by Crippen LogP contribution is -2.28. The zero-order chi connectivity index (χ0) is 11.1. The fourth-order valence-corrected chi connectivity index (χ4v) is 1.51. The lowest BCUT2D eigenvalue weighted by molar-refractivity contribution is 0.121. The maximum absolute atomic E-state index is 5.47. The Morgan fingerprint density at radius 2 is 2.33 bits per heavy atom. The number of nitrogens with zero attached hydrogens (tertiary/aromatic N) is 2. The molecule has 0 fully saturated rings. The number of rotatable bonds is 7. The lowest BCUT2D eigenvalue weighted by atomic mass is 10.2. The van der Waals surface area contributed by atoms with E-state index in [0.717, 1.165) is 19.6 Å². The van der Waals surface area contributed by atoms with Gasteiger partial charge in [-0.15, -0.1) is 0 Å². The molecule has 1 N–H and O–H groups in total. The van der Waals surface area contributed by atoms with E-state index in [2.05, 4.69) is 17.2 Å². The molecule has 0 radical (unpaired) electrons. The molecule has 1 aromatic heterocycles. The van der Waals surface area contributed by atoms with Crippen LogP contribution in [0.5, 0.6) is 0 Å². The predicted octanol–water partition coefficient (Wildman–Crippen LogP) is 1.50. The highest BCUT2D eigenvalue weighted by atomic mass is 16.5. The lowest BCUT2D eigenvalue weighted by Gasteiger charge is -2.18. The third kappa shape index (κ3) is 3.64. The van der Waals surface area contributed by atoms with E-state index in [1.165, 1.54) is 5.69 Å². The fraction of sp³-hybridized carbons (Fsp3) is 0.727. The Hall–Kier alpha value is -0.870. The molecule has 1 rings (SSSR count). The van der Waals surface area contributed by atoms with E-state index in [0.29, 0.717) is 6.61 Å². The van der Waals surface area contributed by atoms with Crippen LogP contribution in [-0.2, 0) is 11.8 Å². The van der Waals surface area contributed by atoms with Crippen LogP contribution in [0, 0.1) is 0 Å². The summed E-state index contributed by atoms with van der Waals surface area (Å²) in [6.07, 6.45) is 4.84. The summed E-state index contributed by atoms with van der Waals surface area (Å²) >= 11 is 0. The molecule has 0 spiro atoms. The van der Waals surface area contributed by atoms with Gasteiger partial charge in [0.25, 0.3) is 0 Å². The molecule has 1 aromatic rings. The van der Waals surface area contributed by atoms with Crippen molar-refractivity contribution in [1.82, 2.24) is 14.9 Å². The van der Waals surface area contributed by atoms with Gasteiger partial charge in [0.05, 0.1) is 24.7 Å². The van der Waals surface area contributed by atoms with Gasteiger partial charge in [0, 0.05) is 19.9 Å². The summed E-state index contributed by atoms with van der Waals surface area (Å²) in [6, 6.07) is 0.248. The van der Waals surface area contributed by atoms with Gasteiger partial charge in [0.2, 0.25) is 0 Å². The van der Waals surface area contributed by atoms with Crippen molar-refractivity contribution in [2.24, 2.45) is 7.05 Å². The molecular formula is C11H21N3O. The van der Waals surface area contributed by atoms with Crippen molar-refractivity contribution in [3.05, 3.63) is 18.2 Å². The van der Waals surface area contributed by atoms with E-state index in [1.54, 1.807) is 0 Å². The minimum atomic E-state index is 0.248. The molecule has 4 heteroatoms. The largest absolute Gasteiger partial charge is 0.380 e. The second kappa shape index (κ2) is 6.58. The standard InChI is InChI=1S/C11H21N3O/c1-4-6-13-10(8-15-5-2)11-7-12-9-14(11)3/h7,9-10,13H,4-6,8H2,1-3H3. The number of ether oxygens (including phenoxy) is 1. The van der Waals surface area contributed by atoms with E-state index in [1.807, 2.05) is 31.1 Å². The smallest absolute Gasteiger partial charge is 0.0946 e. The molecule has 0 aliphatic heterocycles. The van der Waals surface area contributed by atoms with E-state index >= 15 is 0 Å². The van der Waals surface area contributed by atoms with Gasteiger partial charge in [-0.1, -0.05) is 6.92 Å². The van der Waals surface area contributed by atoms with Gasteiger partial charge >= 0.3 is 0 Å². The Morgan fingerprint density at radius 3 is 2.87 bits per heavy atom. The Labute approximate surface area is 91.7 Å². The first kappa shape index (κ1) is 12.2. The van der Waals surface area contributed by atoms with Crippen LogP contribution in [0.15, 0.2) is 12.5 Å². The molecule has 0 saturated heterocycles. The van der Waals surface area contributed by atoms with Gasteiger partial charge in [-0.25, -0.2) is 4.98 Å². The van der Waals surface area contributed by atoms with Crippen LogP contribution in [0.2, 0.25) is 0 Å². The molecule has 1 unspecified atom stereocenters. The highest BCUT2D eigenvalue weighted by molar-refractivity contribution is 5.04. The monoisotopic (exact) mass is 211 g/mol. The fourth-order valence-electron chi connectivity index (χ4n) is 1.51. The molecule has 15 heavy (non-hydrogen) atoms. The Kier molecular flexibility index (Phi) is 5.36.